The molecule has 0 bridgehead atoms. The summed E-state index contributed by atoms with van der Waals surface area (Å²) >= 11 is 3.45. The lowest BCUT2D eigenvalue weighted by atomic mass is 10.0. The molecule has 0 aliphatic rings. The first-order valence-electron chi connectivity index (χ1n) is 4.72. The van der Waals surface area contributed by atoms with Gasteiger partial charge < -0.3 is 10.6 Å². The number of nitrogens with two attached hydrogens (primary N) is 1. The van der Waals surface area contributed by atoms with Gasteiger partial charge in [-0.05, 0) is 12.5 Å². The largest absolute Gasteiger partial charge is 0.398 e. The Bertz CT molecular complexity index is 416. The normalized spacial score (nSPS) is 13.3. The third-order valence-corrected chi connectivity index (χ3v) is 2.55. The monoisotopic (exact) mass is 284 g/mol. The second kappa shape index (κ2) is 5.65. The van der Waals surface area contributed by atoms with Crippen molar-refractivity contribution in [2.75, 3.05) is 7.11 Å². The minimum atomic E-state index is -0.609. The van der Waals surface area contributed by atoms with Gasteiger partial charge in [0.25, 0.3) is 5.91 Å². The van der Waals surface area contributed by atoms with Crippen LogP contribution < -0.4 is 5.73 Å². The minimum absolute atomic E-state index is 0.102. The van der Waals surface area contributed by atoms with Gasteiger partial charge in [-0.2, -0.15) is 0 Å². The number of oxime groups is 1. The highest BCUT2D eigenvalue weighted by Crippen LogP contribution is 2.25. The van der Waals surface area contributed by atoms with Crippen LogP contribution in [-0.4, -0.2) is 18.7 Å². The number of hydrogen-bond donors (Lipinski definition) is 1. The highest BCUT2D eigenvalue weighted by atomic mass is 79.9. The highest BCUT2D eigenvalue weighted by Gasteiger charge is 2.17. The highest BCUT2D eigenvalue weighted by molar-refractivity contribution is 9.09. The van der Waals surface area contributed by atoms with E-state index < -0.39 is 5.91 Å². The SMILES string of the molecule is CO/N=C(/C(N)=O)c1ccccc1C(C)Br. The van der Waals surface area contributed by atoms with Crippen LogP contribution in [-0.2, 0) is 9.63 Å². The Hall–Kier alpha value is -1.36. The topological polar surface area (TPSA) is 64.7 Å². The number of halogens is 1. The maximum Gasteiger partial charge on any atom is 0.271 e. The number of carbonyl (C=O) groups excluding carboxylic acids is 1. The smallest absolute Gasteiger partial charge is 0.271 e. The molecule has 0 aliphatic heterocycles. The first-order chi connectivity index (χ1) is 7.57. The van der Waals surface area contributed by atoms with Crippen molar-refractivity contribution in [1.29, 1.82) is 0 Å². The Morgan fingerprint density at radius 3 is 2.62 bits per heavy atom. The van der Waals surface area contributed by atoms with Gasteiger partial charge in [-0.3, -0.25) is 4.79 Å². The predicted octanol–water partition coefficient (Wildman–Crippen LogP) is 1.98. The molecule has 5 heteroatoms. The second-order valence-corrected chi connectivity index (χ2v) is 4.56. The molecule has 1 unspecified atom stereocenters. The van der Waals surface area contributed by atoms with Crippen molar-refractivity contribution in [3.05, 3.63) is 35.4 Å². The van der Waals surface area contributed by atoms with Crippen molar-refractivity contribution in [2.24, 2.45) is 10.9 Å². The Morgan fingerprint density at radius 1 is 1.50 bits per heavy atom. The molecule has 86 valence electrons. The Balaban J connectivity index is 3.30. The van der Waals surface area contributed by atoms with Crippen molar-refractivity contribution in [3.8, 4) is 0 Å². The summed E-state index contributed by atoms with van der Waals surface area (Å²) < 4.78 is 0. The molecule has 2 N–H and O–H groups in total. The molecule has 0 saturated heterocycles. The van der Waals surface area contributed by atoms with E-state index in [-0.39, 0.29) is 10.5 Å². The molecule has 0 aliphatic carbocycles. The van der Waals surface area contributed by atoms with E-state index in [0.29, 0.717) is 5.56 Å². The predicted molar refractivity (Wildman–Crippen MR) is 66.5 cm³/mol. The quantitative estimate of drug-likeness (QED) is 0.522. The summed E-state index contributed by atoms with van der Waals surface area (Å²) in [4.78, 5) is 16.0. The van der Waals surface area contributed by atoms with E-state index in [1.54, 1.807) is 6.07 Å². The van der Waals surface area contributed by atoms with E-state index in [1.165, 1.54) is 7.11 Å². The van der Waals surface area contributed by atoms with Crippen LogP contribution in [0, 0.1) is 0 Å². The average molecular weight is 285 g/mol. The van der Waals surface area contributed by atoms with Gasteiger partial charge in [-0.25, -0.2) is 0 Å². The van der Waals surface area contributed by atoms with Crippen molar-refractivity contribution >= 4 is 27.5 Å². The molecule has 4 nitrogen and oxygen atoms in total. The van der Waals surface area contributed by atoms with Crippen molar-refractivity contribution in [1.82, 2.24) is 0 Å². The molecular formula is C11H13BrN2O2. The summed E-state index contributed by atoms with van der Waals surface area (Å²) in [5.41, 5.74) is 7.01. The number of hydrogen-bond acceptors (Lipinski definition) is 3. The van der Waals surface area contributed by atoms with E-state index in [0.717, 1.165) is 5.56 Å². The van der Waals surface area contributed by atoms with Gasteiger partial charge in [0.15, 0.2) is 5.71 Å². The summed E-state index contributed by atoms with van der Waals surface area (Å²) in [5.74, 6) is -0.609. The van der Waals surface area contributed by atoms with E-state index in [9.17, 15) is 4.79 Å². The first-order valence-corrected chi connectivity index (χ1v) is 5.63. The lowest BCUT2D eigenvalue weighted by molar-refractivity contribution is -0.112. The molecule has 0 saturated carbocycles. The molecule has 0 aromatic heterocycles. The van der Waals surface area contributed by atoms with Crippen molar-refractivity contribution in [2.45, 2.75) is 11.8 Å². The summed E-state index contributed by atoms with van der Waals surface area (Å²) in [6, 6.07) is 7.41. The molecule has 1 rings (SSSR count). The molecule has 1 atom stereocenters. The molecule has 0 radical (unpaired) electrons. The first kappa shape index (κ1) is 12.7. The number of alkyl halides is 1. The molecule has 0 fully saturated rings. The minimum Gasteiger partial charge on any atom is -0.398 e. The van der Waals surface area contributed by atoms with Gasteiger partial charge in [0.1, 0.15) is 7.11 Å². The van der Waals surface area contributed by atoms with E-state index in [4.69, 9.17) is 5.73 Å². The number of rotatable bonds is 4. The maximum absolute atomic E-state index is 11.3. The Morgan fingerprint density at radius 2 is 2.12 bits per heavy atom. The number of primary amides is 1. The van der Waals surface area contributed by atoms with Gasteiger partial charge in [0.05, 0.1) is 0 Å². The van der Waals surface area contributed by atoms with Gasteiger partial charge >= 0.3 is 0 Å². The molecule has 0 heterocycles. The van der Waals surface area contributed by atoms with Gasteiger partial charge in [-0.1, -0.05) is 45.4 Å². The standard InChI is InChI=1S/C11H13BrN2O2/c1-7(12)8-5-3-4-6-9(8)10(11(13)15)14-16-2/h3-7H,1-2H3,(H2,13,15)/b14-10+. The van der Waals surface area contributed by atoms with Crippen LogP contribution in [0.25, 0.3) is 0 Å². The zero-order valence-corrected chi connectivity index (χ0v) is 10.7. The number of carbonyl (C=O) groups is 1. The van der Waals surface area contributed by atoms with Crippen molar-refractivity contribution in [3.63, 3.8) is 0 Å². The maximum atomic E-state index is 11.3. The molecule has 0 spiro atoms. The average Bonchev–Trinajstić information content (AvgIpc) is 2.25. The molecular weight excluding hydrogens is 272 g/mol. The fourth-order valence-electron chi connectivity index (χ4n) is 1.38. The van der Waals surface area contributed by atoms with Gasteiger partial charge in [-0.15, -0.1) is 0 Å². The molecule has 16 heavy (non-hydrogen) atoms. The fraction of sp³-hybridized carbons (Fsp3) is 0.273. The fourth-order valence-corrected chi connectivity index (χ4v) is 1.78. The lowest BCUT2D eigenvalue weighted by Crippen LogP contribution is -2.25. The van der Waals surface area contributed by atoms with Crippen LogP contribution >= 0.6 is 15.9 Å². The zero-order chi connectivity index (χ0) is 12.1. The lowest BCUT2D eigenvalue weighted by Gasteiger charge is -2.10. The number of amides is 1. The Labute approximate surface area is 103 Å². The number of nitrogens with zero attached hydrogens (tertiary/aromatic N) is 1. The number of benzene rings is 1. The van der Waals surface area contributed by atoms with E-state index >= 15 is 0 Å². The Kier molecular flexibility index (Phi) is 4.49. The zero-order valence-electron chi connectivity index (χ0n) is 9.11. The van der Waals surface area contributed by atoms with Crippen LogP contribution in [0.1, 0.15) is 22.9 Å². The van der Waals surface area contributed by atoms with Crippen LogP contribution in [0.4, 0.5) is 0 Å². The third kappa shape index (κ3) is 2.82. The summed E-state index contributed by atoms with van der Waals surface area (Å²) in [6.45, 7) is 1.96. The molecule has 1 aromatic rings. The summed E-state index contributed by atoms with van der Waals surface area (Å²) in [6.07, 6.45) is 0. The van der Waals surface area contributed by atoms with Gasteiger partial charge in [0.2, 0.25) is 0 Å². The van der Waals surface area contributed by atoms with Gasteiger partial charge in [0, 0.05) is 10.4 Å². The second-order valence-electron chi connectivity index (χ2n) is 3.19. The summed E-state index contributed by atoms with van der Waals surface area (Å²) in [7, 11) is 1.38. The third-order valence-electron chi connectivity index (χ3n) is 2.06. The molecule has 1 aromatic carbocycles. The van der Waals surface area contributed by atoms with Crippen LogP contribution in [0.2, 0.25) is 0 Å². The molecule has 1 amide bonds. The van der Waals surface area contributed by atoms with E-state index in [1.807, 2.05) is 25.1 Å². The van der Waals surface area contributed by atoms with Crippen LogP contribution in [0.3, 0.4) is 0 Å². The summed E-state index contributed by atoms with van der Waals surface area (Å²) in [5, 5.41) is 3.66. The van der Waals surface area contributed by atoms with Crippen LogP contribution in [0.15, 0.2) is 29.4 Å². The van der Waals surface area contributed by atoms with E-state index in [2.05, 4.69) is 25.9 Å². The van der Waals surface area contributed by atoms with Crippen molar-refractivity contribution < 1.29 is 9.63 Å². The van der Waals surface area contributed by atoms with Crippen LogP contribution in [0.5, 0.6) is 0 Å².